The molecule has 7 heteroatoms. The molecule has 1 N–H and O–H groups in total. The minimum absolute atomic E-state index is 0.0286. The van der Waals surface area contributed by atoms with E-state index < -0.39 is 11.6 Å². The Morgan fingerprint density at radius 2 is 2.04 bits per heavy atom. The van der Waals surface area contributed by atoms with Crippen LogP contribution in [0.1, 0.15) is 0 Å². The van der Waals surface area contributed by atoms with Gasteiger partial charge in [-0.05, 0) is 12.1 Å². The van der Waals surface area contributed by atoms with Crippen molar-refractivity contribution in [3.8, 4) is 0 Å². The standard InChI is InChI=1S/C16H20N2O5/c19-14-9-23-16(11-18(14)13-4-2-1-3-5-13)10-17(8-15(20)21)6-7-22-12-16/h1-5H,6-12H2,(H,20,21)/t16-/m1/s1. The molecule has 0 unspecified atom stereocenters. The summed E-state index contributed by atoms with van der Waals surface area (Å²) in [6.07, 6.45) is 0. The smallest absolute Gasteiger partial charge is 0.317 e. The molecule has 7 nitrogen and oxygen atoms in total. The van der Waals surface area contributed by atoms with Crippen molar-refractivity contribution in [2.45, 2.75) is 5.60 Å². The SMILES string of the molecule is O=C(O)CN1CCOC[C@@]2(C1)CN(c1ccccc1)C(=O)CO2. The van der Waals surface area contributed by atoms with Crippen LogP contribution in [0.25, 0.3) is 0 Å². The van der Waals surface area contributed by atoms with Crippen LogP contribution in [-0.4, -0.2) is 73.5 Å². The normalized spacial score (nSPS) is 26.3. The molecule has 0 radical (unpaired) electrons. The van der Waals surface area contributed by atoms with Crippen molar-refractivity contribution < 1.29 is 24.2 Å². The van der Waals surface area contributed by atoms with E-state index in [1.165, 1.54) is 0 Å². The fourth-order valence-electron chi connectivity index (χ4n) is 3.05. The van der Waals surface area contributed by atoms with E-state index in [0.29, 0.717) is 32.8 Å². The van der Waals surface area contributed by atoms with Crippen molar-refractivity contribution in [2.24, 2.45) is 0 Å². The summed E-state index contributed by atoms with van der Waals surface area (Å²) < 4.78 is 11.4. The predicted octanol–water partition coefficient (Wildman–Crippen LogP) is 0.205. The monoisotopic (exact) mass is 320 g/mol. The summed E-state index contributed by atoms with van der Waals surface area (Å²) >= 11 is 0. The molecule has 124 valence electrons. The highest BCUT2D eigenvalue weighted by Gasteiger charge is 2.43. The van der Waals surface area contributed by atoms with Gasteiger partial charge >= 0.3 is 5.97 Å². The molecule has 2 saturated heterocycles. The van der Waals surface area contributed by atoms with Crippen LogP contribution in [0.3, 0.4) is 0 Å². The van der Waals surface area contributed by atoms with E-state index in [0.717, 1.165) is 5.69 Å². The third-order valence-electron chi connectivity index (χ3n) is 4.10. The summed E-state index contributed by atoms with van der Waals surface area (Å²) in [4.78, 5) is 26.7. The van der Waals surface area contributed by atoms with E-state index in [9.17, 15) is 9.59 Å². The first-order chi connectivity index (χ1) is 11.1. The molecule has 3 rings (SSSR count). The third kappa shape index (κ3) is 3.69. The Labute approximate surface area is 134 Å². The van der Waals surface area contributed by atoms with Crippen molar-refractivity contribution in [1.82, 2.24) is 4.90 Å². The largest absolute Gasteiger partial charge is 0.480 e. The van der Waals surface area contributed by atoms with E-state index >= 15 is 0 Å². The molecule has 1 amide bonds. The Kier molecular flexibility index (Phi) is 4.61. The molecule has 2 aliphatic rings. The number of anilines is 1. The number of hydrogen-bond donors (Lipinski definition) is 1. The fourth-order valence-corrected chi connectivity index (χ4v) is 3.05. The van der Waals surface area contributed by atoms with Crippen LogP contribution in [-0.2, 0) is 19.1 Å². The predicted molar refractivity (Wildman–Crippen MR) is 82.4 cm³/mol. The van der Waals surface area contributed by atoms with Crippen molar-refractivity contribution in [3.05, 3.63) is 30.3 Å². The van der Waals surface area contributed by atoms with Gasteiger partial charge in [0.05, 0.1) is 26.3 Å². The van der Waals surface area contributed by atoms with E-state index in [1.807, 2.05) is 30.3 Å². The topological polar surface area (TPSA) is 79.3 Å². The Hall–Kier alpha value is -1.96. The second-order valence-corrected chi connectivity index (χ2v) is 5.94. The van der Waals surface area contributed by atoms with Gasteiger partial charge in [0, 0.05) is 18.8 Å². The van der Waals surface area contributed by atoms with E-state index in [1.54, 1.807) is 9.80 Å². The van der Waals surface area contributed by atoms with Crippen molar-refractivity contribution >= 4 is 17.6 Å². The number of morpholine rings is 1. The maximum Gasteiger partial charge on any atom is 0.317 e. The van der Waals surface area contributed by atoms with Crippen LogP contribution in [0.4, 0.5) is 5.69 Å². The molecule has 1 spiro atoms. The summed E-state index contributed by atoms with van der Waals surface area (Å²) in [5, 5.41) is 9.03. The van der Waals surface area contributed by atoms with Crippen molar-refractivity contribution in [1.29, 1.82) is 0 Å². The number of carbonyl (C=O) groups is 2. The fraction of sp³-hybridized carbons (Fsp3) is 0.500. The summed E-state index contributed by atoms with van der Waals surface area (Å²) in [5.41, 5.74) is 0.115. The van der Waals surface area contributed by atoms with Crippen molar-refractivity contribution in [2.75, 3.05) is 50.9 Å². The Bertz CT molecular complexity index is 579. The van der Waals surface area contributed by atoms with Crippen LogP contribution in [0.2, 0.25) is 0 Å². The first kappa shape index (κ1) is 15.9. The molecule has 1 aromatic rings. The lowest BCUT2D eigenvalue weighted by molar-refractivity contribution is -0.148. The van der Waals surface area contributed by atoms with Crippen LogP contribution >= 0.6 is 0 Å². The summed E-state index contributed by atoms with van der Waals surface area (Å²) in [6.45, 7) is 2.03. The van der Waals surface area contributed by atoms with Crippen molar-refractivity contribution in [3.63, 3.8) is 0 Å². The van der Waals surface area contributed by atoms with Crippen LogP contribution < -0.4 is 4.90 Å². The number of carboxylic acid groups (broad SMARTS) is 1. The number of nitrogens with zero attached hydrogens (tertiary/aromatic N) is 2. The summed E-state index contributed by atoms with van der Waals surface area (Å²) in [6, 6.07) is 9.41. The number of para-hydroxylation sites is 1. The highest BCUT2D eigenvalue weighted by Crippen LogP contribution is 2.27. The average Bonchev–Trinajstić information content (AvgIpc) is 2.73. The number of ether oxygens (including phenoxy) is 2. The molecule has 23 heavy (non-hydrogen) atoms. The molecule has 1 aromatic carbocycles. The van der Waals surface area contributed by atoms with Gasteiger partial charge in [-0.15, -0.1) is 0 Å². The van der Waals surface area contributed by atoms with Gasteiger partial charge in [-0.3, -0.25) is 14.5 Å². The zero-order valence-corrected chi connectivity index (χ0v) is 12.8. The van der Waals surface area contributed by atoms with Crippen LogP contribution in [0.15, 0.2) is 30.3 Å². The van der Waals surface area contributed by atoms with Gasteiger partial charge in [0.1, 0.15) is 12.2 Å². The molecule has 0 saturated carbocycles. The van der Waals surface area contributed by atoms with Gasteiger partial charge in [-0.1, -0.05) is 18.2 Å². The molecule has 2 heterocycles. The number of amides is 1. The molecular formula is C16H20N2O5. The molecule has 2 fully saturated rings. The molecule has 0 aliphatic carbocycles. The molecule has 0 aromatic heterocycles. The maximum absolute atomic E-state index is 12.2. The number of rotatable bonds is 3. The second-order valence-electron chi connectivity index (χ2n) is 5.94. The lowest BCUT2D eigenvalue weighted by Gasteiger charge is -2.42. The Morgan fingerprint density at radius 3 is 2.78 bits per heavy atom. The van der Waals surface area contributed by atoms with Crippen LogP contribution in [0, 0.1) is 0 Å². The third-order valence-corrected chi connectivity index (χ3v) is 4.10. The molecular weight excluding hydrogens is 300 g/mol. The number of benzene rings is 1. The minimum atomic E-state index is -0.881. The number of aliphatic carboxylic acids is 1. The Morgan fingerprint density at radius 1 is 1.26 bits per heavy atom. The van der Waals surface area contributed by atoms with E-state index in [-0.39, 0.29) is 19.1 Å². The molecule has 0 bridgehead atoms. The van der Waals surface area contributed by atoms with E-state index in [4.69, 9.17) is 14.6 Å². The van der Waals surface area contributed by atoms with Gasteiger partial charge in [0.15, 0.2) is 0 Å². The first-order valence-electron chi connectivity index (χ1n) is 7.59. The van der Waals surface area contributed by atoms with Gasteiger partial charge in [0.25, 0.3) is 5.91 Å². The van der Waals surface area contributed by atoms with E-state index in [2.05, 4.69) is 0 Å². The first-order valence-corrected chi connectivity index (χ1v) is 7.59. The highest BCUT2D eigenvalue weighted by atomic mass is 16.6. The summed E-state index contributed by atoms with van der Waals surface area (Å²) in [7, 11) is 0. The average molecular weight is 320 g/mol. The number of carbonyl (C=O) groups excluding carboxylic acids is 1. The lowest BCUT2D eigenvalue weighted by Crippen LogP contribution is -2.61. The van der Waals surface area contributed by atoms with Gasteiger partial charge in [-0.25, -0.2) is 0 Å². The quantitative estimate of drug-likeness (QED) is 0.857. The lowest BCUT2D eigenvalue weighted by atomic mass is 10.0. The molecule has 1 atom stereocenters. The number of carboxylic acids is 1. The Balaban J connectivity index is 1.80. The zero-order valence-electron chi connectivity index (χ0n) is 12.8. The van der Waals surface area contributed by atoms with Gasteiger partial charge in [0.2, 0.25) is 0 Å². The van der Waals surface area contributed by atoms with Crippen LogP contribution in [0.5, 0.6) is 0 Å². The zero-order chi connectivity index (χ0) is 16.3. The summed E-state index contributed by atoms with van der Waals surface area (Å²) in [5.74, 6) is -0.982. The second kappa shape index (κ2) is 6.66. The van der Waals surface area contributed by atoms with Gasteiger partial charge in [-0.2, -0.15) is 0 Å². The minimum Gasteiger partial charge on any atom is -0.480 e. The maximum atomic E-state index is 12.2. The highest BCUT2D eigenvalue weighted by molar-refractivity contribution is 5.95. The number of hydrogen-bond acceptors (Lipinski definition) is 5. The molecule has 2 aliphatic heterocycles. The van der Waals surface area contributed by atoms with Gasteiger partial charge < -0.3 is 19.5 Å².